The standard InChI is InChI=1S/C18H24O4/c19-13(7-6-12-4-2-1-3-5-12)8-9-14-15-10-18(21)22-17(15)11-16(14)20/h1-5,13-17,19-20H,6-11H2/t13-,14-,15-,16-,17+/m1/s1. The lowest BCUT2D eigenvalue weighted by Gasteiger charge is -2.20. The Morgan fingerprint density at radius 1 is 1.23 bits per heavy atom. The molecule has 0 unspecified atom stereocenters. The van der Waals surface area contributed by atoms with Gasteiger partial charge < -0.3 is 14.9 Å². The minimum Gasteiger partial charge on any atom is -0.462 e. The van der Waals surface area contributed by atoms with Crippen molar-refractivity contribution in [2.45, 2.75) is 56.8 Å². The third kappa shape index (κ3) is 3.50. The number of carbonyl (C=O) groups excluding carboxylic acids is 1. The van der Waals surface area contributed by atoms with Gasteiger partial charge in [0.15, 0.2) is 0 Å². The Hall–Kier alpha value is -1.39. The van der Waals surface area contributed by atoms with Crippen molar-refractivity contribution in [3.8, 4) is 0 Å². The summed E-state index contributed by atoms with van der Waals surface area (Å²) in [5, 5.41) is 20.3. The Morgan fingerprint density at radius 3 is 2.77 bits per heavy atom. The maximum atomic E-state index is 11.4. The van der Waals surface area contributed by atoms with Crippen molar-refractivity contribution in [1.82, 2.24) is 0 Å². The lowest BCUT2D eigenvalue weighted by Crippen LogP contribution is -2.22. The number of esters is 1. The second-order valence-corrected chi connectivity index (χ2v) is 6.62. The van der Waals surface area contributed by atoms with Crippen molar-refractivity contribution in [3.63, 3.8) is 0 Å². The molecular weight excluding hydrogens is 280 g/mol. The largest absolute Gasteiger partial charge is 0.462 e. The van der Waals surface area contributed by atoms with Gasteiger partial charge in [0.05, 0.1) is 18.6 Å². The molecule has 2 aliphatic rings. The van der Waals surface area contributed by atoms with Crippen LogP contribution in [0.2, 0.25) is 0 Å². The number of hydrogen-bond donors (Lipinski definition) is 2. The van der Waals surface area contributed by atoms with E-state index in [0.717, 1.165) is 19.3 Å². The molecule has 3 rings (SSSR count). The van der Waals surface area contributed by atoms with Crippen LogP contribution in [0, 0.1) is 11.8 Å². The summed E-state index contributed by atoms with van der Waals surface area (Å²) in [4.78, 5) is 11.4. The average molecular weight is 304 g/mol. The molecule has 2 fully saturated rings. The number of aliphatic hydroxyl groups excluding tert-OH is 2. The van der Waals surface area contributed by atoms with Crippen LogP contribution in [-0.4, -0.2) is 34.5 Å². The molecule has 5 atom stereocenters. The van der Waals surface area contributed by atoms with Gasteiger partial charge in [-0.05, 0) is 37.2 Å². The van der Waals surface area contributed by atoms with Crippen LogP contribution in [0.5, 0.6) is 0 Å². The van der Waals surface area contributed by atoms with Crippen LogP contribution < -0.4 is 0 Å². The highest BCUT2D eigenvalue weighted by Gasteiger charge is 2.49. The maximum absolute atomic E-state index is 11.4. The second kappa shape index (κ2) is 6.80. The second-order valence-electron chi connectivity index (χ2n) is 6.62. The van der Waals surface area contributed by atoms with Gasteiger partial charge in [0.1, 0.15) is 6.10 Å². The first-order valence-electron chi connectivity index (χ1n) is 8.23. The number of aryl methyl sites for hydroxylation is 1. The van der Waals surface area contributed by atoms with Gasteiger partial charge >= 0.3 is 5.97 Å². The van der Waals surface area contributed by atoms with Crippen molar-refractivity contribution in [2.24, 2.45) is 11.8 Å². The summed E-state index contributed by atoms with van der Waals surface area (Å²) in [6, 6.07) is 10.1. The van der Waals surface area contributed by atoms with Crippen LogP contribution >= 0.6 is 0 Å². The third-order valence-electron chi connectivity index (χ3n) is 5.12. The van der Waals surface area contributed by atoms with Crippen LogP contribution in [0.1, 0.15) is 37.7 Å². The Balaban J connectivity index is 1.44. The summed E-state index contributed by atoms with van der Waals surface area (Å²) >= 11 is 0. The Morgan fingerprint density at radius 2 is 2.00 bits per heavy atom. The number of rotatable bonds is 6. The molecule has 4 nitrogen and oxygen atoms in total. The van der Waals surface area contributed by atoms with E-state index < -0.39 is 6.10 Å². The first kappa shape index (κ1) is 15.5. The number of ether oxygens (including phenoxy) is 1. The summed E-state index contributed by atoms with van der Waals surface area (Å²) in [5.41, 5.74) is 1.23. The summed E-state index contributed by atoms with van der Waals surface area (Å²) < 4.78 is 5.24. The van der Waals surface area contributed by atoms with Gasteiger partial charge in [-0.1, -0.05) is 30.3 Å². The van der Waals surface area contributed by atoms with E-state index in [4.69, 9.17) is 4.74 Å². The van der Waals surface area contributed by atoms with Crippen molar-refractivity contribution in [1.29, 1.82) is 0 Å². The molecule has 1 heterocycles. The highest BCUT2D eigenvalue weighted by molar-refractivity contribution is 5.72. The van der Waals surface area contributed by atoms with Gasteiger partial charge in [0.25, 0.3) is 0 Å². The van der Waals surface area contributed by atoms with Crippen LogP contribution in [-0.2, 0) is 16.0 Å². The minimum atomic E-state index is -0.399. The highest BCUT2D eigenvalue weighted by Crippen LogP contribution is 2.43. The lowest BCUT2D eigenvalue weighted by atomic mass is 9.87. The first-order chi connectivity index (χ1) is 10.6. The van der Waals surface area contributed by atoms with Gasteiger partial charge in [-0.15, -0.1) is 0 Å². The topological polar surface area (TPSA) is 66.8 Å². The molecule has 4 heteroatoms. The zero-order valence-corrected chi connectivity index (χ0v) is 12.7. The summed E-state index contributed by atoms with van der Waals surface area (Å²) in [6.45, 7) is 0. The van der Waals surface area contributed by atoms with E-state index in [9.17, 15) is 15.0 Å². The van der Waals surface area contributed by atoms with Gasteiger partial charge in [0, 0.05) is 12.3 Å². The van der Waals surface area contributed by atoms with Crippen LogP contribution in [0.3, 0.4) is 0 Å². The van der Waals surface area contributed by atoms with E-state index in [0.29, 0.717) is 19.3 Å². The molecule has 1 aromatic rings. The van der Waals surface area contributed by atoms with Crippen molar-refractivity contribution >= 4 is 5.97 Å². The summed E-state index contributed by atoms with van der Waals surface area (Å²) in [5.74, 6) is 0.0863. The normalized spacial score (nSPS) is 31.8. The summed E-state index contributed by atoms with van der Waals surface area (Å²) in [7, 11) is 0. The van der Waals surface area contributed by atoms with Crippen molar-refractivity contribution in [2.75, 3.05) is 0 Å². The average Bonchev–Trinajstić information content (AvgIpc) is 2.99. The zero-order chi connectivity index (χ0) is 15.5. The predicted molar refractivity (Wildman–Crippen MR) is 82.1 cm³/mol. The fraction of sp³-hybridized carbons (Fsp3) is 0.611. The van der Waals surface area contributed by atoms with E-state index >= 15 is 0 Å². The number of fused-ring (bicyclic) bond motifs is 1. The highest BCUT2D eigenvalue weighted by atomic mass is 16.6. The lowest BCUT2D eigenvalue weighted by molar-refractivity contribution is -0.141. The Kier molecular flexibility index (Phi) is 4.79. The number of aliphatic hydroxyl groups is 2. The van der Waals surface area contributed by atoms with E-state index in [2.05, 4.69) is 12.1 Å². The van der Waals surface area contributed by atoms with Crippen molar-refractivity contribution < 1.29 is 19.7 Å². The summed E-state index contributed by atoms with van der Waals surface area (Å²) in [6.07, 6.45) is 3.15. The van der Waals surface area contributed by atoms with Gasteiger partial charge in [-0.2, -0.15) is 0 Å². The zero-order valence-electron chi connectivity index (χ0n) is 12.7. The predicted octanol–water partition coefficient (Wildman–Crippen LogP) is 2.07. The Labute approximate surface area is 131 Å². The fourth-order valence-corrected chi connectivity index (χ4v) is 3.89. The smallest absolute Gasteiger partial charge is 0.306 e. The van der Waals surface area contributed by atoms with E-state index in [1.165, 1.54) is 5.56 Å². The molecular formula is C18H24O4. The molecule has 1 saturated carbocycles. The maximum Gasteiger partial charge on any atom is 0.306 e. The van der Waals surface area contributed by atoms with Gasteiger partial charge in [-0.25, -0.2) is 0 Å². The van der Waals surface area contributed by atoms with E-state index in [1.54, 1.807) is 0 Å². The Bertz CT molecular complexity index is 501. The molecule has 1 aromatic carbocycles. The van der Waals surface area contributed by atoms with E-state index in [1.807, 2.05) is 18.2 Å². The molecule has 1 saturated heterocycles. The van der Waals surface area contributed by atoms with E-state index in [-0.39, 0.29) is 30.0 Å². The first-order valence-corrected chi connectivity index (χ1v) is 8.23. The monoisotopic (exact) mass is 304 g/mol. The molecule has 22 heavy (non-hydrogen) atoms. The molecule has 120 valence electrons. The van der Waals surface area contributed by atoms with Gasteiger partial charge in [-0.3, -0.25) is 4.79 Å². The van der Waals surface area contributed by atoms with Crippen LogP contribution in [0.25, 0.3) is 0 Å². The number of carbonyl (C=O) groups is 1. The molecule has 0 radical (unpaired) electrons. The molecule has 1 aliphatic carbocycles. The molecule has 0 bridgehead atoms. The van der Waals surface area contributed by atoms with Crippen LogP contribution in [0.15, 0.2) is 30.3 Å². The number of hydrogen-bond acceptors (Lipinski definition) is 4. The third-order valence-corrected chi connectivity index (χ3v) is 5.12. The van der Waals surface area contributed by atoms with Gasteiger partial charge in [0.2, 0.25) is 0 Å². The SMILES string of the molecule is O=C1C[C@@H]2[C@@H](CC[C@H](O)CCc3ccccc3)[C@H](O)C[C@@H]2O1. The molecule has 0 spiro atoms. The molecule has 0 amide bonds. The molecule has 0 aromatic heterocycles. The fourth-order valence-electron chi connectivity index (χ4n) is 3.89. The molecule has 1 aliphatic heterocycles. The van der Waals surface area contributed by atoms with Crippen molar-refractivity contribution in [3.05, 3.63) is 35.9 Å². The minimum absolute atomic E-state index is 0.0859. The quantitative estimate of drug-likeness (QED) is 0.790. The molecule has 2 N–H and O–H groups in total. The number of benzene rings is 1. The van der Waals surface area contributed by atoms with Crippen LogP contribution in [0.4, 0.5) is 0 Å².